The standard InChI is InChI=1S/C30H36ClF2N5O5.C30H38ClF2N5O5/c1-29(28(41)42)9-4-3-5-18(29)27(40)38-12-8-17-19(31)6-7-22(43-15-20-25(26(32)33)36(2)35-34-20)24(17)21(38)14-37-16-30(10-11-30)13-23(37)39;1-29(2)13-23(39)37(16-29)14-21-24-17(10-12-38(21)27(40)18-7-5-6-11-30(18,3)28(41)42)19(31)8-9-22(24)43-15-20-25(26(32)33)36(4)35-34-20/h6-7,18,21,26H,3-5,8-16H2,1-2H3,(H,41,42);8-9,18,21,26H,5-7,10-16H2,1-4H3,(H,41,42)/t18-,21+,29-;18-,21+,30-/m00/s1. The highest BCUT2D eigenvalue weighted by molar-refractivity contribution is 6.32. The predicted molar refractivity (Wildman–Crippen MR) is 303 cm³/mol. The van der Waals surface area contributed by atoms with Crippen molar-refractivity contribution in [3.63, 3.8) is 0 Å². The number of carboxylic acids is 2. The van der Waals surface area contributed by atoms with E-state index in [-0.39, 0.29) is 90.1 Å². The van der Waals surface area contributed by atoms with Gasteiger partial charge in [-0.15, -0.1) is 10.2 Å². The van der Waals surface area contributed by atoms with Crippen LogP contribution < -0.4 is 9.47 Å². The number of fused-ring (bicyclic) bond motifs is 2. The number of rotatable bonds is 16. The number of ether oxygens (including phenoxy) is 2. The van der Waals surface area contributed by atoms with E-state index >= 15 is 0 Å². The highest BCUT2D eigenvalue weighted by Crippen LogP contribution is 2.55. The van der Waals surface area contributed by atoms with E-state index in [0.717, 1.165) is 59.0 Å². The van der Waals surface area contributed by atoms with Crippen LogP contribution in [0.4, 0.5) is 17.6 Å². The second kappa shape index (κ2) is 24.2. The minimum absolute atomic E-state index is 0.0000166. The molecular weight excluding hydrogens is 1170 g/mol. The molecular formula is C60H74Cl2F4N10O10. The number of hydrogen-bond acceptors (Lipinski definition) is 12. The van der Waals surface area contributed by atoms with Crippen LogP contribution in [-0.2, 0) is 68.9 Å². The molecule has 466 valence electrons. The van der Waals surface area contributed by atoms with Gasteiger partial charge in [-0.2, -0.15) is 0 Å². The Balaban J connectivity index is 0.000000191. The van der Waals surface area contributed by atoms with Gasteiger partial charge in [-0.05, 0) is 111 Å². The number of halogens is 6. The molecule has 3 aliphatic carbocycles. The van der Waals surface area contributed by atoms with Crippen molar-refractivity contribution in [1.29, 1.82) is 0 Å². The predicted octanol–water partition coefficient (Wildman–Crippen LogP) is 9.66. The van der Waals surface area contributed by atoms with E-state index in [1.54, 1.807) is 57.7 Å². The molecule has 4 amide bonds. The first-order chi connectivity index (χ1) is 40.7. The Bertz CT molecular complexity index is 3120. The third-order valence-electron chi connectivity index (χ3n) is 19.5. The third kappa shape index (κ3) is 12.0. The van der Waals surface area contributed by atoms with Crippen LogP contribution in [0.1, 0.15) is 175 Å². The number of amides is 4. The summed E-state index contributed by atoms with van der Waals surface area (Å²) in [5, 5.41) is 36.4. The van der Waals surface area contributed by atoms with Gasteiger partial charge in [-0.25, -0.2) is 26.9 Å². The lowest BCUT2D eigenvalue weighted by atomic mass is 9.66. The summed E-state index contributed by atoms with van der Waals surface area (Å²) in [4.78, 5) is 86.8. The van der Waals surface area contributed by atoms with E-state index in [0.29, 0.717) is 104 Å². The summed E-state index contributed by atoms with van der Waals surface area (Å²) in [5.74, 6) is -3.29. The zero-order valence-electron chi connectivity index (χ0n) is 49.2. The molecule has 0 radical (unpaired) electrons. The van der Waals surface area contributed by atoms with Crippen LogP contribution in [0.2, 0.25) is 10.0 Å². The van der Waals surface area contributed by atoms with Crippen molar-refractivity contribution in [3.05, 3.63) is 79.3 Å². The Kier molecular flexibility index (Phi) is 17.6. The van der Waals surface area contributed by atoms with Gasteiger partial charge in [0.2, 0.25) is 23.6 Å². The fourth-order valence-electron chi connectivity index (χ4n) is 14.4. The average molecular weight is 1240 g/mol. The van der Waals surface area contributed by atoms with Gasteiger partial charge in [0.15, 0.2) is 0 Å². The lowest BCUT2D eigenvalue weighted by Crippen LogP contribution is -2.52. The highest BCUT2D eigenvalue weighted by atomic mass is 35.5. The number of benzene rings is 2. The number of aliphatic carboxylic acids is 2. The molecule has 2 saturated heterocycles. The van der Waals surface area contributed by atoms with E-state index in [1.165, 1.54) is 14.1 Å². The highest BCUT2D eigenvalue weighted by Gasteiger charge is 2.55. The minimum atomic E-state index is -2.80. The fraction of sp³-hybridized carbons (Fsp3) is 0.633. The molecule has 86 heavy (non-hydrogen) atoms. The van der Waals surface area contributed by atoms with Crippen LogP contribution in [0.3, 0.4) is 0 Å². The molecule has 26 heteroatoms. The normalized spacial score (nSPS) is 25.7. The molecule has 5 fully saturated rings. The first kappa shape index (κ1) is 62.5. The third-order valence-corrected chi connectivity index (χ3v) is 20.2. The van der Waals surface area contributed by atoms with Crippen molar-refractivity contribution in [3.8, 4) is 11.5 Å². The summed E-state index contributed by atoms with van der Waals surface area (Å²) in [6.07, 6.45) is 2.69. The lowest BCUT2D eigenvalue weighted by Gasteiger charge is -2.45. The summed E-state index contributed by atoms with van der Waals surface area (Å²) in [7, 11) is 2.77. The van der Waals surface area contributed by atoms with Gasteiger partial charge in [0.1, 0.15) is 47.5 Å². The Hall–Kier alpha value is -6.56. The van der Waals surface area contributed by atoms with Crippen molar-refractivity contribution in [1.82, 2.24) is 49.6 Å². The van der Waals surface area contributed by atoms with Crippen LogP contribution in [0.15, 0.2) is 24.3 Å². The Labute approximate surface area is 505 Å². The van der Waals surface area contributed by atoms with Crippen molar-refractivity contribution < 1.29 is 66.0 Å². The molecule has 2 N–H and O–H groups in total. The first-order valence-electron chi connectivity index (χ1n) is 29.5. The number of hydrogen-bond donors (Lipinski definition) is 2. The average Bonchev–Trinajstić information content (AvgIpc) is 1.40. The van der Waals surface area contributed by atoms with Crippen LogP contribution in [0, 0.1) is 33.5 Å². The van der Waals surface area contributed by atoms with Gasteiger partial charge in [0.05, 0.1) is 34.7 Å². The Morgan fingerprint density at radius 1 is 0.628 bits per heavy atom. The quantitative estimate of drug-likeness (QED) is 0.0994. The summed E-state index contributed by atoms with van der Waals surface area (Å²) in [5.41, 5.74) is -0.666. The van der Waals surface area contributed by atoms with Crippen molar-refractivity contribution in [2.75, 3.05) is 39.3 Å². The molecule has 6 heterocycles. The van der Waals surface area contributed by atoms with Gasteiger partial charge in [-0.3, -0.25) is 28.8 Å². The smallest absolute Gasteiger partial charge is 0.310 e. The van der Waals surface area contributed by atoms with Crippen LogP contribution in [0.25, 0.3) is 0 Å². The van der Waals surface area contributed by atoms with Gasteiger partial charge in [-0.1, -0.05) is 73.2 Å². The SMILES string of the molecule is Cn1nnc(COc2ccc(Cl)c3c2[C@@H](CN2CC(C)(C)CC2=O)N(C(=O)[C@@H]2CCCC[C@]2(C)C(=O)O)CC3)c1C(F)F.Cn1nnc(COc2ccc(Cl)c3c2[C@@H](CN2CC4(CC4)CC2=O)N(C(=O)[C@@H]2CCCC[C@]2(C)C(=O)O)CC3)c1C(F)F. The molecule has 11 rings (SSSR count). The number of carbonyl (C=O) groups is 6. The van der Waals surface area contributed by atoms with E-state index in [1.807, 2.05) is 13.8 Å². The Morgan fingerprint density at radius 2 is 1.05 bits per heavy atom. The number of nitrogens with zero attached hydrogens (tertiary/aromatic N) is 10. The van der Waals surface area contributed by atoms with Gasteiger partial charge >= 0.3 is 11.9 Å². The van der Waals surface area contributed by atoms with Crippen molar-refractivity contribution >= 4 is 58.8 Å². The number of alkyl halides is 4. The summed E-state index contributed by atoms with van der Waals surface area (Å²) < 4.78 is 69.1. The molecule has 6 atom stereocenters. The number of aromatic nitrogens is 6. The zero-order chi connectivity index (χ0) is 61.9. The summed E-state index contributed by atoms with van der Waals surface area (Å²) in [6.45, 7) is 8.80. The molecule has 1 spiro atoms. The maximum Gasteiger partial charge on any atom is 0.310 e. The topological polar surface area (TPSA) is 236 Å². The molecule has 4 aromatic rings. The second-order valence-corrected chi connectivity index (χ2v) is 26.7. The van der Waals surface area contributed by atoms with E-state index < -0.39 is 59.5 Å². The van der Waals surface area contributed by atoms with Crippen molar-refractivity contribution in [2.24, 2.45) is 47.6 Å². The first-order valence-corrected chi connectivity index (χ1v) is 30.3. The molecule has 20 nitrogen and oxygen atoms in total. The fourth-order valence-corrected chi connectivity index (χ4v) is 14.9. The van der Waals surface area contributed by atoms with Crippen LogP contribution >= 0.6 is 23.2 Å². The summed E-state index contributed by atoms with van der Waals surface area (Å²) >= 11 is 13.4. The van der Waals surface area contributed by atoms with Gasteiger partial charge < -0.3 is 39.3 Å². The maximum absolute atomic E-state index is 14.4. The summed E-state index contributed by atoms with van der Waals surface area (Å²) in [6, 6.07) is 5.30. The molecule has 0 bridgehead atoms. The number of aryl methyl sites for hydroxylation is 2. The monoisotopic (exact) mass is 1240 g/mol. The van der Waals surface area contributed by atoms with E-state index in [9.17, 15) is 56.5 Å². The molecule has 4 aliphatic heterocycles. The zero-order valence-corrected chi connectivity index (χ0v) is 50.7. The maximum atomic E-state index is 14.4. The molecule has 7 aliphatic rings. The Morgan fingerprint density at radius 3 is 1.42 bits per heavy atom. The molecule has 2 aromatic heterocycles. The van der Waals surface area contributed by atoms with Gasteiger partial charge in [0, 0.05) is 87.4 Å². The molecule has 2 aromatic carbocycles. The number of carbonyl (C=O) groups excluding carboxylic acids is 4. The number of likely N-dealkylation sites (tertiary alicyclic amines) is 2. The van der Waals surface area contributed by atoms with E-state index in [4.69, 9.17) is 32.7 Å². The largest absolute Gasteiger partial charge is 0.487 e. The van der Waals surface area contributed by atoms with Crippen molar-refractivity contribution in [2.45, 2.75) is 156 Å². The second-order valence-electron chi connectivity index (χ2n) is 25.8. The molecule has 0 unspecified atom stereocenters. The molecule has 3 saturated carbocycles. The van der Waals surface area contributed by atoms with E-state index in [2.05, 4.69) is 20.6 Å². The van der Waals surface area contributed by atoms with Crippen LogP contribution in [0.5, 0.6) is 11.5 Å². The minimum Gasteiger partial charge on any atom is -0.487 e. The van der Waals surface area contributed by atoms with Gasteiger partial charge in [0.25, 0.3) is 12.9 Å². The number of carboxylic acid groups (broad SMARTS) is 2. The lowest BCUT2D eigenvalue weighted by molar-refractivity contribution is -0.163. The van der Waals surface area contributed by atoms with Crippen LogP contribution in [-0.4, -0.2) is 135 Å².